The molecule has 0 aromatic carbocycles. The van der Waals surface area contributed by atoms with Crippen LogP contribution in [0.3, 0.4) is 0 Å². The molecule has 0 fully saturated rings. The lowest BCUT2D eigenvalue weighted by atomic mass is 10.0. The summed E-state index contributed by atoms with van der Waals surface area (Å²) in [6, 6.07) is 0. The van der Waals surface area contributed by atoms with Crippen LogP contribution in [0, 0.1) is 0 Å². The van der Waals surface area contributed by atoms with Crippen molar-refractivity contribution < 1.29 is 28.6 Å². The maximum atomic E-state index is 12.8. The van der Waals surface area contributed by atoms with Gasteiger partial charge in [-0.1, -0.05) is 301 Å². The Hall–Kier alpha value is -2.37. The molecular formula is C68H126O6. The van der Waals surface area contributed by atoms with Crippen molar-refractivity contribution in [2.45, 2.75) is 367 Å². The fourth-order valence-corrected chi connectivity index (χ4v) is 9.88. The van der Waals surface area contributed by atoms with Gasteiger partial charge in [0.05, 0.1) is 0 Å². The number of unbranched alkanes of at least 4 members (excludes halogenated alkanes) is 44. The van der Waals surface area contributed by atoms with E-state index in [9.17, 15) is 14.4 Å². The molecule has 6 heteroatoms. The third-order valence-electron chi connectivity index (χ3n) is 14.9. The van der Waals surface area contributed by atoms with E-state index in [0.29, 0.717) is 19.3 Å². The minimum atomic E-state index is -0.768. The fourth-order valence-electron chi connectivity index (χ4n) is 9.88. The summed E-state index contributed by atoms with van der Waals surface area (Å²) in [6.45, 7) is 6.62. The Morgan fingerprint density at radius 2 is 0.486 bits per heavy atom. The lowest BCUT2D eigenvalue weighted by molar-refractivity contribution is -0.167. The molecule has 0 rings (SSSR count). The topological polar surface area (TPSA) is 78.9 Å². The second-order valence-corrected chi connectivity index (χ2v) is 22.4. The summed E-state index contributed by atoms with van der Waals surface area (Å²) < 4.78 is 16.8. The zero-order chi connectivity index (χ0) is 53.6. The Labute approximate surface area is 461 Å². The van der Waals surface area contributed by atoms with Crippen LogP contribution in [0.4, 0.5) is 0 Å². The van der Waals surface area contributed by atoms with Gasteiger partial charge in [-0.2, -0.15) is 0 Å². The Morgan fingerprint density at radius 3 is 0.757 bits per heavy atom. The van der Waals surface area contributed by atoms with Crippen LogP contribution in [0.15, 0.2) is 36.5 Å². The normalized spacial score (nSPS) is 12.2. The molecule has 1 atom stereocenters. The molecule has 0 amide bonds. The minimum Gasteiger partial charge on any atom is -0.462 e. The molecular weight excluding hydrogens is 913 g/mol. The molecule has 0 saturated heterocycles. The molecule has 0 saturated carbocycles. The summed E-state index contributed by atoms with van der Waals surface area (Å²) in [5.74, 6) is -0.860. The highest BCUT2D eigenvalue weighted by Gasteiger charge is 2.19. The molecule has 0 spiro atoms. The number of ether oxygens (including phenoxy) is 3. The second-order valence-electron chi connectivity index (χ2n) is 22.4. The van der Waals surface area contributed by atoms with E-state index in [1.807, 2.05) is 0 Å². The summed E-state index contributed by atoms with van der Waals surface area (Å²) in [7, 11) is 0. The van der Waals surface area contributed by atoms with Crippen molar-refractivity contribution >= 4 is 17.9 Å². The molecule has 0 aliphatic carbocycles. The number of esters is 3. The van der Waals surface area contributed by atoms with Crippen LogP contribution in [0.2, 0.25) is 0 Å². The predicted octanol–water partition coefficient (Wildman–Crippen LogP) is 22.4. The standard InChI is InChI=1S/C68H126O6/c1-4-7-10-13-16-18-20-22-24-26-28-30-32-33-34-35-37-38-40-42-44-46-48-50-52-55-58-61-67(70)73-64-65(63-72-66(69)60-57-54-15-12-9-6-3)74-68(71)62-59-56-53-51-49-47-45-43-41-39-36-31-29-27-25-23-21-19-17-14-11-8-5-2/h21,23,26-29,65H,4-20,22,24-25,30-64H2,1-3H3/b23-21-,28-26-,29-27-. The summed E-state index contributed by atoms with van der Waals surface area (Å²) >= 11 is 0. The van der Waals surface area contributed by atoms with Gasteiger partial charge in [-0.3, -0.25) is 14.4 Å². The van der Waals surface area contributed by atoms with Gasteiger partial charge >= 0.3 is 17.9 Å². The van der Waals surface area contributed by atoms with Gasteiger partial charge in [-0.15, -0.1) is 0 Å². The van der Waals surface area contributed by atoms with Crippen molar-refractivity contribution in [1.29, 1.82) is 0 Å². The third kappa shape index (κ3) is 60.5. The molecule has 1 unspecified atom stereocenters. The third-order valence-corrected chi connectivity index (χ3v) is 14.9. The van der Waals surface area contributed by atoms with Crippen LogP contribution in [0.25, 0.3) is 0 Å². The molecule has 0 aliphatic heterocycles. The van der Waals surface area contributed by atoms with Gasteiger partial charge < -0.3 is 14.2 Å². The molecule has 0 N–H and O–H groups in total. The van der Waals surface area contributed by atoms with Crippen LogP contribution in [0.1, 0.15) is 361 Å². The zero-order valence-corrected chi connectivity index (χ0v) is 49.9. The van der Waals surface area contributed by atoms with Gasteiger partial charge in [0.2, 0.25) is 0 Å². The Kier molecular flexibility index (Phi) is 61.1. The van der Waals surface area contributed by atoms with E-state index in [-0.39, 0.29) is 31.1 Å². The molecule has 434 valence electrons. The van der Waals surface area contributed by atoms with E-state index in [1.54, 1.807) is 0 Å². The Balaban J connectivity index is 4.02. The summed E-state index contributed by atoms with van der Waals surface area (Å²) in [6.07, 6.45) is 77.7. The van der Waals surface area contributed by atoms with Gasteiger partial charge in [0.15, 0.2) is 6.10 Å². The molecule has 0 bridgehead atoms. The summed E-state index contributed by atoms with van der Waals surface area (Å²) in [4.78, 5) is 38.0. The molecule has 6 nitrogen and oxygen atoms in total. The van der Waals surface area contributed by atoms with Crippen LogP contribution >= 0.6 is 0 Å². The van der Waals surface area contributed by atoms with E-state index < -0.39 is 6.10 Å². The quantitative estimate of drug-likeness (QED) is 0.0261. The first-order valence-electron chi connectivity index (χ1n) is 33.0. The first kappa shape index (κ1) is 71.6. The van der Waals surface area contributed by atoms with Crippen molar-refractivity contribution in [3.8, 4) is 0 Å². The average molecular weight is 1040 g/mol. The van der Waals surface area contributed by atoms with Gasteiger partial charge in [0.1, 0.15) is 13.2 Å². The van der Waals surface area contributed by atoms with Crippen LogP contribution in [0.5, 0.6) is 0 Å². The predicted molar refractivity (Wildman–Crippen MR) is 321 cm³/mol. The average Bonchev–Trinajstić information content (AvgIpc) is 3.40. The molecule has 0 aromatic rings. The van der Waals surface area contributed by atoms with Crippen molar-refractivity contribution in [3.05, 3.63) is 36.5 Å². The number of rotatable bonds is 61. The summed E-state index contributed by atoms with van der Waals surface area (Å²) in [5.41, 5.74) is 0. The smallest absolute Gasteiger partial charge is 0.306 e. The number of hydrogen-bond donors (Lipinski definition) is 0. The fraction of sp³-hybridized carbons (Fsp3) is 0.868. The van der Waals surface area contributed by atoms with Crippen molar-refractivity contribution in [1.82, 2.24) is 0 Å². The summed E-state index contributed by atoms with van der Waals surface area (Å²) in [5, 5.41) is 0. The number of hydrogen-bond acceptors (Lipinski definition) is 6. The number of allylic oxidation sites excluding steroid dienone is 6. The molecule has 0 heterocycles. The van der Waals surface area contributed by atoms with Crippen LogP contribution in [-0.2, 0) is 28.6 Å². The largest absolute Gasteiger partial charge is 0.462 e. The lowest BCUT2D eigenvalue weighted by Gasteiger charge is -2.18. The maximum Gasteiger partial charge on any atom is 0.306 e. The van der Waals surface area contributed by atoms with Crippen molar-refractivity contribution in [3.63, 3.8) is 0 Å². The monoisotopic (exact) mass is 1040 g/mol. The van der Waals surface area contributed by atoms with E-state index in [1.165, 1.54) is 257 Å². The van der Waals surface area contributed by atoms with Gasteiger partial charge in [0.25, 0.3) is 0 Å². The highest BCUT2D eigenvalue weighted by Crippen LogP contribution is 2.17. The molecule has 0 radical (unpaired) electrons. The van der Waals surface area contributed by atoms with E-state index in [2.05, 4.69) is 57.2 Å². The van der Waals surface area contributed by atoms with Gasteiger partial charge in [-0.25, -0.2) is 0 Å². The maximum absolute atomic E-state index is 12.8. The second kappa shape index (κ2) is 63.2. The van der Waals surface area contributed by atoms with E-state index in [4.69, 9.17) is 14.2 Å². The number of carbonyl (C=O) groups is 3. The highest BCUT2D eigenvalue weighted by molar-refractivity contribution is 5.71. The minimum absolute atomic E-state index is 0.0690. The molecule has 0 aliphatic rings. The van der Waals surface area contributed by atoms with Crippen molar-refractivity contribution in [2.75, 3.05) is 13.2 Å². The van der Waals surface area contributed by atoms with Crippen LogP contribution < -0.4 is 0 Å². The van der Waals surface area contributed by atoms with Gasteiger partial charge in [0, 0.05) is 19.3 Å². The SMILES string of the molecule is CCCCCCC/C=C\C/C=C\CCCCCCCCCCCCCC(=O)OC(COC(=O)CCCCCCCC)COC(=O)CCCCCCCCCCCCCCCCC/C=C\CCCCCCCCCC. The molecule has 0 aromatic heterocycles. The zero-order valence-electron chi connectivity index (χ0n) is 49.9. The molecule has 74 heavy (non-hydrogen) atoms. The first-order chi connectivity index (χ1) is 36.5. The first-order valence-corrected chi connectivity index (χ1v) is 33.0. The van der Waals surface area contributed by atoms with E-state index in [0.717, 1.165) is 64.2 Å². The van der Waals surface area contributed by atoms with E-state index >= 15 is 0 Å². The van der Waals surface area contributed by atoms with Gasteiger partial charge in [-0.05, 0) is 77.0 Å². The highest BCUT2D eigenvalue weighted by atomic mass is 16.6. The Bertz CT molecular complexity index is 1240. The number of carbonyl (C=O) groups excluding carboxylic acids is 3. The van der Waals surface area contributed by atoms with Crippen molar-refractivity contribution in [2.24, 2.45) is 0 Å². The Morgan fingerprint density at radius 1 is 0.270 bits per heavy atom. The van der Waals surface area contributed by atoms with Crippen LogP contribution in [-0.4, -0.2) is 37.2 Å². The lowest BCUT2D eigenvalue weighted by Crippen LogP contribution is -2.30.